The van der Waals surface area contributed by atoms with Gasteiger partial charge in [-0.2, -0.15) is 0 Å². The number of benzene rings is 2. The van der Waals surface area contributed by atoms with E-state index in [4.69, 9.17) is 9.47 Å². The summed E-state index contributed by atoms with van der Waals surface area (Å²) < 4.78 is 12.9. The average Bonchev–Trinajstić information content (AvgIpc) is 3.51. The van der Waals surface area contributed by atoms with E-state index in [1.54, 1.807) is 7.11 Å². The van der Waals surface area contributed by atoms with Gasteiger partial charge in [-0.3, -0.25) is 9.36 Å². The van der Waals surface area contributed by atoms with Gasteiger partial charge in [0.1, 0.15) is 11.6 Å². The summed E-state index contributed by atoms with van der Waals surface area (Å²) in [5.74, 6) is 1.90. The van der Waals surface area contributed by atoms with Gasteiger partial charge in [0.15, 0.2) is 5.16 Å². The summed E-state index contributed by atoms with van der Waals surface area (Å²) in [6.07, 6.45) is 3.81. The van der Waals surface area contributed by atoms with Crippen molar-refractivity contribution in [1.29, 1.82) is 0 Å². The number of thioether (sulfide) groups is 1. The smallest absolute Gasteiger partial charge is 0.230 e. The van der Waals surface area contributed by atoms with Gasteiger partial charge >= 0.3 is 0 Å². The Bertz CT molecular complexity index is 1000. The van der Waals surface area contributed by atoms with Crippen LogP contribution in [0, 0.1) is 0 Å². The zero-order chi connectivity index (χ0) is 22.2. The summed E-state index contributed by atoms with van der Waals surface area (Å²) >= 11 is 1.39. The van der Waals surface area contributed by atoms with Crippen molar-refractivity contribution >= 4 is 17.7 Å². The molecule has 7 nitrogen and oxygen atoms in total. The number of aromatic nitrogens is 3. The molecule has 168 valence electrons. The first kappa shape index (κ1) is 22.4. The minimum Gasteiger partial charge on any atom is -0.497 e. The Balaban J connectivity index is 1.46. The Kier molecular flexibility index (Phi) is 7.79. The van der Waals surface area contributed by atoms with E-state index in [-0.39, 0.29) is 17.8 Å². The van der Waals surface area contributed by atoms with Crippen LogP contribution in [0.15, 0.2) is 59.8 Å². The zero-order valence-electron chi connectivity index (χ0n) is 18.2. The lowest BCUT2D eigenvalue weighted by Crippen LogP contribution is -2.32. The van der Waals surface area contributed by atoms with Gasteiger partial charge < -0.3 is 14.8 Å². The second-order valence-electron chi connectivity index (χ2n) is 7.65. The molecule has 0 saturated carbocycles. The lowest BCUT2D eigenvalue weighted by Gasteiger charge is -2.12. The number of ether oxygens (including phenoxy) is 2. The van der Waals surface area contributed by atoms with Gasteiger partial charge in [-0.05, 0) is 49.1 Å². The first-order valence-electron chi connectivity index (χ1n) is 10.9. The summed E-state index contributed by atoms with van der Waals surface area (Å²) in [5.41, 5.74) is 2.20. The van der Waals surface area contributed by atoms with Crippen LogP contribution in [0.2, 0.25) is 0 Å². The molecule has 1 aliphatic heterocycles. The van der Waals surface area contributed by atoms with E-state index in [9.17, 15) is 4.79 Å². The average molecular weight is 453 g/mol. The molecule has 1 atom stereocenters. The number of rotatable bonds is 10. The van der Waals surface area contributed by atoms with Gasteiger partial charge in [-0.15, -0.1) is 10.2 Å². The lowest BCUT2D eigenvalue weighted by atomic mass is 10.1. The number of methoxy groups -OCH3 is 1. The highest BCUT2D eigenvalue weighted by molar-refractivity contribution is 7.99. The van der Waals surface area contributed by atoms with Crippen LogP contribution in [0.3, 0.4) is 0 Å². The van der Waals surface area contributed by atoms with Gasteiger partial charge in [-0.25, -0.2) is 0 Å². The molecule has 1 aromatic heterocycles. The highest BCUT2D eigenvalue weighted by Crippen LogP contribution is 2.24. The summed E-state index contributed by atoms with van der Waals surface area (Å²) in [6, 6.07) is 18.1. The predicted octanol–water partition coefficient (Wildman–Crippen LogP) is 3.45. The molecular formula is C24H28N4O3S. The highest BCUT2D eigenvalue weighted by atomic mass is 32.2. The predicted molar refractivity (Wildman–Crippen MR) is 124 cm³/mol. The Morgan fingerprint density at radius 2 is 1.97 bits per heavy atom. The van der Waals surface area contributed by atoms with Crippen LogP contribution in [0.4, 0.5) is 0 Å². The maximum absolute atomic E-state index is 12.4. The largest absolute Gasteiger partial charge is 0.497 e. The molecule has 1 fully saturated rings. The van der Waals surface area contributed by atoms with E-state index >= 15 is 0 Å². The molecule has 2 aromatic carbocycles. The van der Waals surface area contributed by atoms with Crippen molar-refractivity contribution in [3.05, 3.63) is 66.0 Å². The number of hydrogen-bond acceptors (Lipinski definition) is 6. The fraction of sp³-hybridized carbons (Fsp3) is 0.375. The Morgan fingerprint density at radius 1 is 1.16 bits per heavy atom. The Labute approximate surface area is 192 Å². The molecule has 0 bridgehead atoms. The van der Waals surface area contributed by atoms with Crippen LogP contribution in [-0.2, 0) is 22.4 Å². The van der Waals surface area contributed by atoms with Crippen LogP contribution < -0.4 is 10.1 Å². The second-order valence-corrected chi connectivity index (χ2v) is 8.59. The van der Waals surface area contributed by atoms with Gasteiger partial charge in [0.05, 0.1) is 19.0 Å². The molecule has 0 radical (unpaired) electrons. The number of carbonyl (C=O) groups is 1. The van der Waals surface area contributed by atoms with Crippen LogP contribution >= 0.6 is 11.8 Å². The number of hydrogen-bond donors (Lipinski definition) is 1. The molecule has 1 saturated heterocycles. The summed E-state index contributed by atoms with van der Waals surface area (Å²) in [4.78, 5) is 12.4. The van der Waals surface area contributed by atoms with Crippen molar-refractivity contribution in [2.24, 2.45) is 0 Å². The Hall–Kier alpha value is -2.84. The molecule has 1 amide bonds. The normalized spacial score (nSPS) is 15.6. The fourth-order valence-electron chi connectivity index (χ4n) is 3.66. The van der Waals surface area contributed by atoms with E-state index in [1.165, 1.54) is 17.3 Å². The number of aryl methyl sites for hydroxylation is 2. The molecule has 8 heteroatoms. The molecule has 4 rings (SSSR count). The van der Waals surface area contributed by atoms with Gasteiger partial charge in [0.2, 0.25) is 5.91 Å². The van der Waals surface area contributed by atoms with Crippen molar-refractivity contribution < 1.29 is 14.3 Å². The monoisotopic (exact) mass is 452 g/mol. The van der Waals surface area contributed by atoms with Crippen molar-refractivity contribution in [1.82, 2.24) is 20.1 Å². The third-order valence-corrected chi connectivity index (χ3v) is 6.32. The maximum atomic E-state index is 12.4. The van der Waals surface area contributed by atoms with E-state index in [0.29, 0.717) is 11.7 Å². The second kappa shape index (κ2) is 11.2. The lowest BCUT2D eigenvalue weighted by molar-refractivity contribution is -0.119. The summed E-state index contributed by atoms with van der Waals surface area (Å²) in [5, 5.41) is 12.5. The number of nitrogens with zero attached hydrogens (tertiary/aromatic N) is 3. The molecule has 3 aromatic rings. The number of nitrogens with one attached hydrogen (secondary N) is 1. The standard InChI is InChI=1S/C24H28N4O3S/c1-30-20-12-10-19(11-13-20)28-22(14-9-18-6-3-2-4-7-18)26-27-24(28)32-17-23(29)25-16-21-8-5-15-31-21/h2-4,6-7,10-13,21H,5,8-9,14-17H2,1H3,(H,25,29)/t21-/m0/s1. The molecule has 1 aliphatic rings. The van der Waals surface area contributed by atoms with Crippen LogP contribution in [0.1, 0.15) is 24.2 Å². The minimum atomic E-state index is -0.0272. The quantitative estimate of drug-likeness (QED) is 0.475. The van der Waals surface area contributed by atoms with Crippen molar-refractivity contribution in [3.8, 4) is 11.4 Å². The van der Waals surface area contributed by atoms with E-state index in [0.717, 1.165) is 49.6 Å². The first-order valence-corrected chi connectivity index (χ1v) is 11.9. The minimum absolute atomic E-state index is 0.0272. The van der Waals surface area contributed by atoms with Crippen molar-refractivity contribution in [2.75, 3.05) is 26.0 Å². The van der Waals surface area contributed by atoms with E-state index < -0.39 is 0 Å². The van der Waals surface area contributed by atoms with Crippen LogP contribution in [-0.4, -0.2) is 52.8 Å². The summed E-state index contributed by atoms with van der Waals surface area (Å²) in [6.45, 7) is 1.35. The Morgan fingerprint density at radius 3 is 2.69 bits per heavy atom. The van der Waals surface area contributed by atoms with Crippen molar-refractivity contribution in [2.45, 2.75) is 36.9 Å². The third kappa shape index (κ3) is 5.89. The SMILES string of the molecule is COc1ccc(-n2c(CCc3ccccc3)nnc2SCC(=O)NC[C@@H]2CCCO2)cc1. The van der Waals surface area contributed by atoms with E-state index in [1.807, 2.05) is 47.0 Å². The van der Waals surface area contributed by atoms with E-state index in [2.05, 4.69) is 27.6 Å². The molecule has 32 heavy (non-hydrogen) atoms. The number of amides is 1. The number of carbonyl (C=O) groups excluding carboxylic acids is 1. The van der Waals surface area contributed by atoms with Crippen LogP contribution in [0.5, 0.6) is 5.75 Å². The first-order chi connectivity index (χ1) is 15.7. The molecule has 0 aliphatic carbocycles. The zero-order valence-corrected chi connectivity index (χ0v) is 19.0. The molecule has 0 unspecified atom stereocenters. The van der Waals surface area contributed by atoms with Gasteiger partial charge in [0.25, 0.3) is 0 Å². The van der Waals surface area contributed by atoms with Crippen LogP contribution in [0.25, 0.3) is 5.69 Å². The third-order valence-electron chi connectivity index (χ3n) is 5.39. The molecule has 2 heterocycles. The molecular weight excluding hydrogens is 424 g/mol. The highest BCUT2D eigenvalue weighted by Gasteiger charge is 2.18. The van der Waals surface area contributed by atoms with Gasteiger partial charge in [0, 0.05) is 25.3 Å². The van der Waals surface area contributed by atoms with Gasteiger partial charge in [-0.1, -0.05) is 42.1 Å². The molecule has 0 spiro atoms. The topological polar surface area (TPSA) is 78.3 Å². The molecule has 1 N–H and O–H groups in total. The maximum Gasteiger partial charge on any atom is 0.230 e. The van der Waals surface area contributed by atoms with Crippen molar-refractivity contribution in [3.63, 3.8) is 0 Å². The fourth-order valence-corrected chi connectivity index (χ4v) is 4.46. The summed E-state index contributed by atoms with van der Waals surface area (Å²) in [7, 11) is 1.65.